The Morgan fingerprint density at radius 3 is 2.73 bits per heavy atom. The fourth-order valence-corrected chi connectivity index (χ4v) is 1.65. The Morgan fingerprint density at radius 2 is 2.27 bits per heavy atom. The van der Waals surface area contributed by atoms with Crippen LogP contribution in [0.25, 0.3) is 0 Å². The van der Waals surface area contributed by atoms with Crippen LogP contribution in [-0.4, -0.2) is 25.3 Å². The van der Waals surface area contributed by atoms with Crippen LogP contribution < -0.4 is 0 Å². The first-order valence-electron chi connectivity index (χ1n) is 4.44. The van der Waals surface area contributed by atoms with Gasteiger partial charge in [0.05, 0.1) is 0 Å². The third-order valence-electron chi connectivity index (χ3n) is 2.02. The minimum absolute atomic E-state index is 0.0247. The summed E-state index contributed by atoms with van der Waals surface area (Å²) in [6, 6.07) is 4.85. The van der Waals surface area contributed by atoms with Gasteiger partial charge in [-0.1, -0.05) is 17.1 Å². The van der Waals surface area contributed by atoms with Gasteiger partial charge in [0, 0.05) is 17.0 Å². The SMILES string of the molecule is CC(=N)c1ccc(CCS(=O)[O-])cc1O. The molecule has 0 bridgehead atoms. The van der Waals surface area contributed by atoms with Crippen LogP contribution in [0.2, 0.25) is 0 Å². The number of aromatic hydroxyl groups is 1. The number of hydrogen-bond acceptors (Lipinski definition) is 4. The van der Waals surface area contributed by atoms with E-state index in [2.05, 4.69) is 0 Å². The minimum atomic E-state index is -2.06. The normalized spacial score (nSPS) is 12.4. The van der Waals surface area contributed by atoms with Crippen LogP contribution in [0, 0.1) is 5.41 Å². The van der Waals surface area contributed by atoms with Crippen molar-refractivity contribution < 1.29 is 13.9 Å². The van der Waals surface area contributed by atoms with Crippen LogP contribution >= 0.6 is 0 Å². The van der Waals surface area contributed by atoms with Crippen molar-refractivity contribution in [2.75, 3.05) is 5.75 Å². The van der Waals surface area contributed by atoms with E-state index >= 15 is 0 Å². The monoisotopic (exact) mass is 226 g/mol. The van der Waals surface area contributed by atoms with E-state index in [0.717, 1.165) is 5.56 Å². The maximum absolute atomic E-state index is 10.3. The lowest BCUT2D eigenvalue weighted by atomic mass is 10.1. The molecule has 1 aromatic carbocycles. The maximum atomic E-state index is 10.3. The van der Waals surface area contributed by atoms with Crippen molar-refractivity contribution in [2.45, 2.75) is 13.3 Å². The van der Waals surface area contributed by atoms with Gasteiger partial charge in [0.25, 0.3) is 0 Å². The second-order valence-electron chi connectivity index (χ2n) is 3.23. The molecule has 15 heavy (non-hydrogen) atoms. The molecule has 0 fully saturated rings. The molecular formula is C10H12NO3S-. The summed E-state index contributed by atoms with van der Waals surface area (Å²) in [6.45, 7) is 1.58. The van der Waals surface area contributed by atoms with E-state index in [1.807, 2.05) is 0 Å². The Bertz CT molecular complexity index is 404. The Labute approximate surface area is 90.7 Å². The molecule has 0 spiro atoms. The maximum Gasteiger partial charge on any atom is 0.124 e. The first-order chi connectivity index (χ1) is 7.00. The zero-order valence-corrected chi connectivity index (χ0v) is 9.13. The summed E-state index contributed by atoms with van der Waals surface area (Å²) in [7, 11) is 0. The Kier molecular flexibility index (Phi) is 3.99. The summed E-state index contributed by atoms with van der Waals surface area (Å²) in [5, 5.41) is 16.9. The topological polar surface area (TPSA) is 84.2 Å². The molecule has 82 valence electrons. The van der Waals surface area contributed by atoms with E-state index in [1.165, 1.54) is 6.07 Å². The van der Waals surface area contributed by atoms with Gasteiger partial charge < -0.3 is 15.1 Å². The van der Waals surface area contributed by atoms with E-state index in [4.69, 9.17) is 5.41 Å². The van der Waals surface area contributed by atoms with Crippen molar-refractivity contribution in [3.05, 3.63) is 29.3 Å². The van der Waals surface area contributed by atoms with Crippen molar-refractivity contribution in [3.8, 4) is 5.75 Å². The van der Waals surface area contributed by atoms with Gasteiger partial charge in [-0.2, -0.15) is 0 Å². The van der Waals surface area contributed by atoms with E-state index < -0.39 is 11.1 Å². The Balaban J connectivity index is 2.82. The molecular weight excluding hydrogens is 214 g/mol. The van der Waals surface area contributed by atoms with Gasteiger partial charge in [-0.05, 0) is 31.0 Å². The smallest absolute Gasteiger partial charge is 0.124 e. The molecule has 0 aliphatic carbocycles. The third kappa shape index (κ3) is 3.45. The van der Waals surface area contributed by atoms with Crippen molar-refractivity contribution in [3.63, 3.8) is 0 Å². The standard InChI is InChI=1S/C10H13NO3S/c1-7(11)9-3-2-8(6-10(9)12)4-5-15(13)14/h2-3,6,11-12H,4-5H2,1H3,(H,13,14)/p-1. The zero-order chi connectivity index (χ0) is 11.4. The largest absolute Gasteiger partial charge is 0.772 e. The van der Waals surface area contributed by atoms with E-state index in [9.17, 15) is 13.9 Å². The number of hydrogen-bond donors (Lipinski definition) is 2. The molecule has 2 N–H and O–H groups in total. The molecule has 0 aliphatic heterocycles. The molecule has 0 aromatic heterocycles. The molecule has 1 unspecified atom stereocenters. The molecule has 0 radical (unpaired) electrons. The summed E-state index contributed by atoms with van der Waals surface area (Å²) >= 11 is -2.06. The van der Waals surface area contributed by atoms with Crippen LogP contribution in [0.15, 0.2) is 18.2 Å². The number of phenolic OH excluding ortho intramolecular Hbond substituents is 1. The summed E-state index contributed by atoms with van der Waals surface area (Å²) in [6.07, 6.45) is 0.376. The zero-order valence-electron chi connectivity index (χ0n) is 8.32. The predicted molar refractivity (Wildman–Crippen MR) is 58.1 cm³/mol. The van der Waals surface area contributed by atoms with Gasteiger partial charge in [-0.25, -0.2) is 0 Å². The van der Waals surface area contributed by atoms with Gasteiger partial charge in [0.15, 0.2) is 0 Å². The van der Waals surface area contributed by atoms with Crippen LogP contribution in [0.4, 0.5) is 0 Å². The third-order valence-corrected chi connectivity index (χ3v) is 2.56. The van der Waals surface area contributed by atoms with Crippen LogP contribution in [0.5, 0.6) is 5.75 Å². The number of rotatable bonds is 4. The van der Waals surface area contributed by atoms with Gasteiger partial charge in [0.2, 0.25) is 0 Å². The lowest BCUT2D eigenvalue weighted by molar-refractivity contribution is 0.473. The van der Waals surface area contributed by atoms with Crippen LogP contribution in [-0.2, 0) is 17.5 Å². The molecule has 0 amide bonds. The number of nitrogens with one attached hydrogen (secondary N) is 1. The number of aryl methyl sites for hydroxylation is 1. The van der Waals surface area contributed by atoms with Crippen LogP contribution in [0.1, 0.15) is 18.1 Å². The number of benzene rings is 1. The highest BCUT2D eigenvalue weighted by Gasteiger charge is 2.04. The second kappa shape index (κ2) is 5.04. The summed E-state index contributed by atoms with van der Waals surface area (Å²) in [5.41, 5.74) is 1.51. The van der Waals surface area contributed by atoms with E-state index in [0.29, 0.717) is 12.0 Å². The average molecular weight is 226 g/mol. The van der Waals surface area contributed by atoms with E-state index in [1.54, 1.807) is 19.1 Å². The highest BCUT2D eigenvalue weighted by molar-refractivity contribution is 7.79. The van der Waals surface area contributed by atoms with Gasteiger partial charge >= 0.3 is 0 Å². The molecule has 1 aromatic rings. The average Bonchev–Trinajstić information content (AvgIpc) is 2.14. The first kappa shape index (κ1) is 11.9. The molecule has 0 heterocycles. The fraction of sp³-hybridized carbons (Fsp3) is 0.300. The molecule has 4 nitrogen and oxygen atoms in total. The molecule has 5 heteroatoms. The Morgan fingerprint density at radius 1 is 1.60 bits per heavy atom. The first-order valence-corrected chi connectivity index (χ1v) is 5.68. The fourth-order valence-electron chi connectivity index (χ4n) is 1.25. The van der Waals surface area contributed by atoms with Crippen molar-refractivity contribution in [1.82, 2.24) is 0 Å². The number of phenols is 1. The molecule has 1 rings (SSSR count). The lowest BCUT2D eigenvalue weighted by Gasteiger charge is -2.07. The van der Waals surface area contributed by atoms with E-state index in [-0.39, 0.29) is 17.2 Å². The molecule has 0 saturated carbocycles. The highest BCUT2D eigenvalue weighted by atomic mass is 32.2. The molecule has 0 saturated heterocycles. The summed E-state index contributed by atoms with van der Waals surface area (Å²) < 4.78 is 20.7. The van der Waals surface area contributed by atoms with Gasteiger partial charge in [-0.15, -0.1) is 0 Å². The highest BCUT2D eigenvalue weighted by Crippen LogP contribution is 2.19. The van der Waals surface area contributed by atoms with Gasteiger partial charge in [-0.3, -0.25) is 4.21 Å². The quantitative estimate of drug-likeness (QED) is 0.597. The summed E-state index contributed by atoms with van der Waals surface area (Å²) in [5.74, 6) is 0.0687. The molecule has 1 atom stereocenters. The van der Waals surface area contributed by atoms with Gasteiger partial charge in [0.1, 0.15) is 5.75 Å². The van der Waals surface area contributed by atoms with Crippen LogP contribution in [0.3, 0.4) is 0 Å². The minimum Gasteiger partial charge on any atom is -0.772 e. The Hall–Kier alpha value is -1.20. The van der Waals surface area contributed by atoms with Crippen molar-refractivity contribution in [1.29, 1.82) is 5.41 Å². The predicted octanol–water partition coefficient (Wildman–Crippen LogP) is 1.20. The molecule has 0 aliphatic rings. The van der Waals surface area contributed by atoms with Crippen molar-refractivity contribution >= 4 is 16.8 Å². The van der Waals surface area contributed by atoms with Crippen molar-refractivity contribution in [2.24, 2.45) is 0 Å². The summed E-state index contributed by atoms with van der Waals surface area (Å²) in [4.78, 5) is 0. The second-order valence-corrected chi connectivity index (χ2v) is 4.25. The lowest BCUT2D eigenvalue weighted by Crippen LogP contribution is -2.00.